The lowest BCUT2D eigenvalue weighted by Gasteiger charge is -2.25. The van der Waals surface area contributed by atoms with Crippen molar-refractivity contribution in [3.63, 3.8) is 0 Å². The third kappa shape index (κ3) is 5.34. The van der Waals surface area contributed by atoms with Crippen LogP contribution in [0.25, 0.3) is 0 Å². The molecule has 2 aromatic carbocycles. The molecule has 2 aromatic rings. The molecule has 1 heterocycles. The first-order chi connectivity index (χ1) is 13.5. The number of hydrogen-bond donors (Lipinski definition) is 1. The fraction of sp³-hybridized carbons (Fsp3) is 0.381. The molecule has 0 saturated carbocycles. The minimum absolute atomic E-state index is 0.0649. The lowest BCUT2D eigenvalue weighted by molar-refractivity contribution is -0.121. The molecule has 1 aliphatic rings. The minimum Gasteiger partial charge on any atom is -0.352 e. The second kappa shape index (κ2) is 9.54. The highest BCUT2D eigenvalue weighted by atomic mass is 35.5. The lowest BCUT2D eigenvalue weighted by Crippen LogP contribution is -2.35. The van der Waals surface area contributed by atoms with Crippen LogP contribution < -0.4 is 5.32 Å². The SMILES string of the molecule is O=C(CCc1ccc(S(=O)(=O)N2CCCCC2)cc1)NCc1ccccc1Cl. The Morgan fingerprint density at radius 1 is 1.00 bits per heavy atom. The van der Waals surface area contributed by atoms with Crippen molar-refractivity contribution in [2.45, 2.75) is 43.5 Å². The fourth-order valence-electron chi connectivity index (χ4n) is 3.26. The quantitative estimate of drug-likeness (QED) is 0.741. The van der Waals surface area contributed by atoms with Gasteiger partial charge in [-0.2, -0.15) is 4.31 Å². The summed E-state index contributed by atoms with van der Waals surface area (Å²) in [6.07, 6.45) is 3.81. The molecular weight excluding hydrogens is 396 g/mol. The Morgan fingerprint density at radius 2 is 1.68 bits per heavy atom. The molecule has 1 N–H and O–H groups in total. The molecular formula is C21H25ClN2O3S. The Kier molecular flexibility index (Phi) is 7.10. The van der Waals surface area contributed by atoms with Gasteiger partial charge >= 0.3 is 0 Å². The number of piperidine rings is 1. The zero-order valence-corrected chi connectivity index (χ0v) is 17.3. The predicted octanol–water partition coefficient (Wildman–Crippen LogP) is 3.76. The van der Waals surface area contributed by atoms with Crippen LogP contribution in [0, 0.1) is 0 Å². The van der Waals surface area contributed by atoms with E-state index in [0.29, 0.717) is 42.4 Å². The normalized spacial score (nSPS) is 15.3. The van der Waals surface area contributed by atoms with E-state index in [9.17, 15) is 13.2 Å². The number of carbonyl (C=O) groups is 1. The van der Waals surface area contributed by atoms with E-state index in [2.05, 4.69) is 5.32 Å². The smallest absolute Gasteiger partial charge is 0.243 e. The molecule has 1 fully saturated rings. The van der Waals surface area contributed by atoms with Gasteiger partial charge in [0.2, 0.25) is 15.9 Å². The van der Waals surface area contributed by atoms with Gasteiger partial charge in [-0.05, 0) is 48.6 Å². The largest absolute Gasteiger partial charge is 0.352 e. The Hall–Kier alpha value is -1.89. The minimum atomic E-state index is -3.41. The van der Waals surface area contributed by atoms with Crippen LogP contribution in [0.5, 0.6) is 0 Å². The molecule has 0 radical (unpaired) electrons. The summed E-state index contributed by atoms with van der Waals surface area (Å²) in [5, 5.41) is 3.50. The molecule has 0 atom stereocenters. The van der Waals surface area contributed by atoms with E-state index in [4.69, 9.17) is 11.6 Å². The van der Waals surface area contributed by atoms with E-state index in [1.165, 1.54) is 0 Å². The standard InChI is InChI=1S/C21H25ClN2O3S/c22-20-7-3-2-6-18(20)16-23-21(25)13-10-17-8-11-19(12-9-17)28(26,27)24-14-4-1-5-15-24/h2-3,6-9,11-12H,1,4-5,10,13-16H2,(H,23,25). The number of sulfonamides is 1. The second-order valence-corrected chi connectivity index (χ2v) is 9.32. The van der Waals surface area contributed by atoms with E-state index < -0.39 is 10.0 Å². The third-order valence-electron chi connectivity index (χ3n) is 4.95. The van der Waals surface area contributed by atoms with Crippen molar-refractivity contribution in [3.8, 4) is 0 Å². The van der Waals surface area contributed by atoms with Crippen LogP contribution in [0.3, 0.4) is 0 Å². The lowest BCUT2D eigenvalue weighted by atomic mass is 10.1. The molecule has 1 aliphatic heterocycles. The van der Waals surface area contributed by atoms with Crippen molar-refractivity contribution >= 4 is 27.5 Å². The van der Waals surface area contributed by atoms with Crippen LogP contribution in [-0.4, -0.2) is 31.7 Å². The first-order valence-corrected chi connectivity index (χ1v) is 11.4. The van der Waals surface area contributed by atoms with E-state index in [0.717, 1.165) is 30.4 Å². The monoisotopic (exact) mass is 420 g/mol. The van der Waals surface area contributed by atoms with Crippen molar-refractivity contribution < 1.29 is 13.2 Å². The van der Waals surface area contributed by atoms with Crippen molar-refractivity contribution in [1.29, 1.82) is 0 Å². The van der Waals surface area contributed by atoms with E-state index in [1.54, 1.807) is 34.6 Å². The van der Waals surface area contributed by atoms with Crippen LogP contribution in [-0.2, 0) is 27.8 Å². The number of amides is 1. The van der Waals surface area contributed by atoms with Gasteiger partial charge in [0.15, 0.2) is 0 Å². The molecule has 0 bridgehead atoms. The summed E-state index contributed by atoms with van der Waals surface area (Å²) in [6, 6.07) is 14.3. The fourth-order valence-corrected chi connectivity index (χ4v) is 4.98. The zero-order chi connectivity index (χ0) is 20.0. The van der Waals surface area contributed by atoms with Gasteiger partial charge in [-0.15, -0.1) is 0 Å². The van der Waals surface area contributed by atoms with Crippen LogP contribution in [0.4, 0.5) is 0 Å². The number of benzene rings is 2. The number of carbonyl (C=O) groups excluding carboxylic acids is 1. The summed E-state index contributed by atoms with van der Waals surface area (Å²) in [6.45, 7) is 1.58. The Labute approximate surface area is 171 Å². The highest BCUT2D eigenvalue weighted by molar-refractivity contribution is 7.89. The van der Waals surface area contributed by atoms with Crippen molar-refractivity contribution in [2.75, 3.05) is 13.1 Å². The maximum Gasteiger partial charge on any atom is 0.243 e. The molecule has 7 heteroatoms. The van der Waals surface area contributed by atoms with Crippen LogP contribution in [0.2, 0.25) is 5.02 Å². The maximum atomic E-state index is 12.7. The van der Waals surface area contributed by atoms with Gasteiger partial charge < -0.3 is 5.32 Å². The predicted molar refractivity (Wildman–Crippen MR) is 111 cm³/mol. The first kappa shape index (κ1) is 20.8. The molecule has 0 aromatic heterocycles. The molecule has 1 amide bonds. The summed E-state index contributed by atoms with van der Waals surface area (Å²) in [5.74, 6) is -0.0649. The second-order valence-electron chi connectivity index (χ2n) is 6.98. The molecule has 150 valence electrons. The average molecular weight is 421 g/mol. The first-order valence-electron chi connectivity index (χ1n) is 9.56. The maximum absolute atomic E-state index is 12.7. The van der Waals surface area contributed by atoms with Gasteiger partial charge in [-0.25, -0.2) is 8.42 Å². The Bertz CT molecular complexity index is 908. The van der Waals surface area contributed by atoms with Gasteiger partial charge in [0, 0.05) is 31.1 Å². The molecule has 3 rings (SSSR count). The highest BCUT2D eigenvalue weighted by Gasteiger charge is 2.25. The van der Waals surface area contributed by atoms with Gasteiger partial charge in [-0.1, -0.05) is 48.4 Å². The molecule has 0 spiro atoms. The third-order valence-corrected chi connectivity index (χ3v) is 7.23. The number of nitrogens with zero attached hydrogens (tertiary/aromatic N) is 1. The topological polar surface area (TPSA) is 66.5 Å². The number of hydrogen-bond acceptors (Lipinski definition) is 3. The summed E-state index contributed by atoms with van der Waals surface area (Å²) >= 11 is 6.08. The summed E-state index contributed by atoms with van der Waals surface area (Å²) in [7, 11) is -3.41. The zero-order valence-electron chi connectivity index (χ0n) is 15.7. The Balaban J connectivity index is 1.51. The van der Waals surface area contributed by atoms with Gasteiger partial charge in [0.1, 0.15) is 0 Å². The molecule has 1 saturated heterocycles. The molecule has 28 heavy (non-hydrogen) atoms. The Morgan fingerprint density at radius 3 is 2.36 bits per heavy atom. The summed E-state index contributed by atoms with van der Waals surface area (Å²) < 4.78 is 26.9. The average Bonchev–Trinajstić information content (AvgIpc) is 2.72. The number of rotatable bonds is 7. The summed E-state index contributed by atoms with van der Waals surface area (Å²) in [5.41, 5.74) is 1.82. The molecule has 0 aliphatic carbocycles. The molecule has 0 unspecified atom stereocenters. The summed E-state index contributed by atoms with van der Waals surface area (Å²) in [4.78, 5) is 12.4. The van der Waals surface area contributed by atoms with E-state index in [1.807, 2.05) is 18.2 Å². The number of aryl methyl sites for hydroxylation is 1. The van der Waals surface area contributed by atoms with Crippen molar-refractivity contribution in [3.05, 3.63) is 64.7 Å². The van der Waals surface area contributed by atoms with Crippen LogP contribution in [0.15, 0.2) is 53.4 Å². The van der Waals surface area contributed by atoms with Gasteiger partial charge in [0.05, 0.1) is 4.90 Å². The van der Waals surface area contributed by atoms with Crippen LogP contribution in [0.1, 0.15) is 36.8 Å². The molecule has 5 nitrogen and oxygen atoms in total. The van der Waals surface area contributed by atoms with Gasteiger partial charge in [-0.3, -0.25) is 4.79 Å². The number of halogens is 1. The van der Waals surface area contributed by atoms with E-state index >= 15 is 0 Å². The number of nitrogens with one attached hydrogen (secondary N) is 1. The van der Waals surface area contributed by atoms with Gasteiger partial charge in [0.25, 0.3) is 0 Å². The van der Waals surface area contributed by atoms with Crippen molar-refractivity contribution in [1.82, 2.24) is 9.62 Å². The van der Waals surface area contributed by atoms with E-state index in [-0.39, 0.29) is 5.91 Å². The highest BCUT2D eigenvalue weighted by Crippen LogP contribution is 2.21. The van der Waals surface area contributed by atoms with Crippen LogP contribution >= 0.6 is 11.6 Å². The van der Waals surface area contributed by atoms with Crippen molar-refractivity contribution in [2.24, 2.45) is 0 Å².